The Balaban J connectivity index is 1.77. The predicted octanol–water partition coefficient (Wildman–Crippen LogP) is 2.76. The van der Waals surface area contributed by atoms with Crippen LogP contribution in [0.5, 0.6) is 0 Å². The first-order valence-corrected chi connectivity index (χ1v) is 8.81. The van der Waals surface area contributed by atoms with E-state index < -0.39 is 0 Å². The Hall–Kier alpha value is -1.07. The molecule has 0 saturated carbocycles. The Morgan fingerprint density at radius 1 is 1.57 bits per heavy atom. The molecule has 0 bridgehead atoms. The molecule has 0 aliphatic carbocycles. The van der Waals surface area contributed by atoms with E-state index in [1.165, 1.54) is 17.7 Å². The van der Waals surface area contributed by atoms with E-state index in [4.69, 9.17) is 9.73 Å². The molecule has 2 rings (SSSR count). The fourth-order valence-electron chi connectivity index (χ4n) is 2.49. The predicted molar refractivity (Wildman–Crippen MR) is 90.2 cm³/mol. The maximum Gasteiger partial charge on any atom is 0.193 e. The average molecular weight is 309 g/mol. The molecule has 1 unspecified atom stereocenters. The monoisotopic (exact) mass is 309 g/mol. The van der Waals surface area contributed by atoms with Gasteiger partial charge in [-0.05, 0) is 44.1 Å². The average Bonchev–Trinajstić information content (AvgIpc) is 3.17. The van der Waals surface area contributed by atoms with E-state index in [0.29, 0.717) is 6.10 Å². The summed E-state index contributed by atoms with van der Waals surface area (Å²) < 4.78 is 5.65. The molecule has 4 nitrogen and oxygen atoms in total. The highest BCUT2D eigenvalue weighted by Gasteiger charge is 2.15. The van der Waals surface area contributed by atoms with Crippen LogP contribution in [0.15, 0.2) is 22.5 Å². The van der Waals surface area contributed by atoms with Gasteiger partial charge in [0, 0.05) is 38.2 Å². The quantitative estimate of drug-likeness (QED) is 0.621. The maximum atomic E-state index is 5.65. The number of ether oxygens (including phenoxy) is 1. The second-order valence-electron chi connectivity index (χ2n) is 5.41. The smallest absolute Gasteiger partial charge is 0.193 e. The van der Waals surface area contributed by atoms with Crippen molar-refractivity contribution < 1.29 is 4.74 Å². The van der Waals surface area contributed by atoms with Crippen LogP contribution in [0.2, 0.25) is 0 Å². The topological polar surface area (TPSA) is 36.9 Å². The summed E-state index contributed by atoms with van der Waals surface area (Å²) in [6.07, 6.45) is 4.93. The maximum absolute atomic E-state index is 5.65. The summed E-state index contributed by atoms with van der Waals surface area (Å²) in [5.74, 6) is 1.01. The minimum absolute atomic E-state index is 0.424. The van der Waals surface area contributed by atoms with Crippen molar-refractivity contribution in [1.82, 2.24) is 10.2 Å². The van der Waals surface area contributed by atoms with Gasteiger partial charge in [0.2, 0.25) is 0 Å². The molecule has 1 aromatic rings. The van der Waals surface area contributed by atoms with E-state index in [9.17, 15) is 0 Å². The van der Waals surface area contributed by atoms with Gasteiger partial charge in [0.05, 0.1) is 6.10 Å². The largest absolute Gasteiger partial charge is 0.378 e. The van der Waals surface area contributed by atoms with Gasteiger partial charge in [0.25, 0.3) is 0 Å². The molecule has 1 fully saturated rings. The summed E-state index contributed by atoms with van der Waals surface area (Å²) in [6.45, 7) is 5.78. The van der Waals surface area contributed by atoms with Crippen molar-refractivity contribution in [3.63, 3.8) is 0 Å². The lowest BCUT2D eigenvalue weighted by atomic mass is 10.2. The molecule has 2 heterocycles. The van der Waals surface area contributed by atoms with Crippen LogP contribution in [0.4, 0.5) is 0 Å². The van der Waals surface area contributed by atoms with Gasteiger partial charge in [-0.1, -0.05) is 6.07 Å². The fourth-order valence-corrected chi connectivity index (χ4v) is 3.19. The zero-order chi connectivity index (χ0) is 14.9. The molecule has 21 heavy (non-hydrogen) atoms. The standard InChI is InChI=1S/C16H27N3OS/c1-3-17-16(18-10-8-14-6-4-12-20-14)19(2)11-9-15-7-5-13-21-15/h5,7,13-14H,3-4,6,8-12H2,1-2H3,(H,17,18). The molecule has 1 atom stereocenters. The Morgan fingerprint density at radius 3 is 3.14 bits per heavy atom. The third-order valence-corrected chi connectivity index (χ3v) is 4.64. The van der Waals surface area contributed by atoms with Crippen LogP contribution in [0, 0.1) is 0 Å². The van der Waals surface area contributed by atoms with Gasteiger partial charge < -0.3 is 15.0 Å². The van der Waals surface area contributed by atoms with Crippen LogP contribution < -0.4 is 5.32 Å². The van der Waals surface area contributed by atoms with Crippen LogP contribution in [0.3, 0.4) is 0 Å². The zero-order valence-corrected chi connectivity index (χ0v) is 14.0. The van der Waals surface area contributed by atoms with Gasteiger partial charge in [0.1, 0.15) is 0 Å². The van der Waals surface area contributed by atoms with E-state index in [0.717, 1.165) is 45.0 Å². The van der Waals surface area contributed by atoms with Crippen molar-refractivity contribution in [2.45, 2.75) is 38.7 Å². The van der Waals surface area contributed by atoms with E-state index in [2.05, 4.69) is 41.7 Å². The van der Waals surface area contributed by atoms with Crippen molar-refractivity contribution in [1.29, 1.82) is 0 Å². The summed E-state index contributed by atoms with van der Waals surface area (Å²) in [4.78, 5) is 8.38. The van der Waals surface area contributed by atoms with Crippen molar-refractivity contribution in [3.05, 3.63) is 22.4 Å². The Bertz CT molecular complexity index is 413. The first-order chi connectivity index (χ1) is 10.3. The van der Waals surface area contributed by atoms with Gasteiger partial charge in [-0.2, -0.15) is 0 Å². The molecule has 0 spiro atoms. The third kappa shape index (κ3) is 5.67. The van der Waals surface area contributed by atoms with E-state index in [1.54, 1.807) is 0 Å². The number of guanidine groups is 1. The minimum atomic E-state index is 0.424. The molecule has 1 aliphatic heterocycles. The normalized spacial score (nSPS) is 19.0. The highest BCUT2D eigenvalue weighted by molar-refractivity contribution is 7.09. The number of nitrogens with zero attached hydrogens (tertiary/aromatic N) is 2. The van der Waals surface area contributed by atoms with Gasteiger partial charge in [-0.25, -0.2) is 0 Å². The summed E-state index contributed by atoms with van der Waals surface area (Å²) >= 11 is 1.82. The number of thiophene rings is 1. The molecule has 0 radical (unpaired) electrons. The minimum Gasteiger partial charge on any atom is -0.378 e. The molecule has 1 aliphatic rings. The highest BCUT2D eigenvalue weighted by Crippen LogP contribution is 2.15. The molecular formula is C16H27N3OS. The Morgan fingerprint density at radius 2 is 2.48 bits per heavy atom. The summed E-state index contributed by atoms with van der Waals surface area (Å²) in [6, 6.07) is 4.31. The van der Waals surface area contributed by atoms with Crippen molar-refractivity contribution in [2.24, 2.45) is 4.99 Å². The van der Waals surface area contributed by atoms with Crippen LogP contribution in [-0.2, 0) is 11.2 Å². The first-order valence-electron chi connectivity index (χ1n) is 7.93. The number of hydrogen-bond acceptors (Lipinski definition) is 3. The van der Waals surface area contributed by atoms with E-state index in [-0.39, 0.29) is 0 Å². The molecular weight excluding hydrogens is 282 g/mol. The van der Waals surface area contributed by atoms with Crippen LogP contribution in [0.25, 0.3) is 0 Å². The fraction of sp³-hybridized carbons (Fsp3) is 0.688. The molecule has 0 amide bonds. The first kappa shape index (κ1) is 16.3. The van der Waals surface area contributed by atoms with Crippen molar-refractivity contribution >= 4 is 17.3 Å². The van der Waals surface area contributed by atoms with Crippen LogP contribution in [-0.4, -0.2) is 50.3 Å². The van der Waals surface area contributed by atoms with Gasteiger partial charge in [-0.15, -0.1) is 11.3 Å². The number of aliphatic imine (C=N–C) groups is 1. The second-order valence-corrected chi connectivity index (χ2v) is 6.44. The van der Waals surface area contributed by atoms with Gasteiger partial charge >= 0.3 is 0 Å². The number of likely N-dealkylation sites (N-methyl/N-ethyl adjacent to an activating group) is 1. The molecule has 1 N–H and O–H groups in total. The number of nitrogens with one attached hydrogen (secondary N) is 1. The molecule has 5 heteroatoms. The second kappa shape index (κ2) is 9.05. The van der Waals surface area contributed by atoms with E-state index >= 15 is 0 Å². The van der Waals surface area contributed by atoms with Gasteiger partial charge in [0.15, 0.2) is 5.96 Å². The lowest BCUT2D eigenvalue weighted by molar-refractivity contribution is 0.106. The van der Waals surface area contributed by atoms with Crippen LogP contribution in [0.1, 0.15) is 31.1 Å². The molecule has 118 valence electrons. The highest BCUT2D eigenvalue weighted by atomic mass is 32.1. The van der Waals surface area contributed by atoms with E-state index in [1.807, 2.05) is 11.3 Å². The summed E-state index contributed by atoms with van der Waals surface area (Å²) in [7, 11) is 2.11. The molecule has 1 aromatic heterocycles. The third-order valence-electron chi connectivity index (χ3n) is 3.71. The SMILES string of the molecule is CCNC(=NCCC1CCCO1)N(C)CCc1cccs1. The zero-order valence-electron chi connectivity index (χ0n) is 13.2. The molecule has 1 saturated heterocycles. The Kier molecular flexibility index (Phi) is 7.03. The van der Waals surface area contributed by atoms with Crippen molar-refractivity contribution in [3.8, 4) is 0 Å². The number of hydrogen-bond donors (Lipinski definition) is 1. The van der Waals surface area contributed by atoms with Crippen LogP contribution >= 0.6 is 11.3 Å². The summed E-state index contributed by atoms with van der Waals surface area (Å²) in [5.41, 5.74) is 0. The summed E-state index contributed by atoms with van der Waals surface area (Å²) in [5, 5.41) is 5.51. The van der Waals surface area contributed by atoms with Gasteiger partial charge in [-0.3, -0.25) is 4.99 Å². The lowest BCUT2D eigenvalue weighted by Gasteiger charge is -2.22. The number of rotatable bonds is 7. The Labute approximate surface area is 132 Å². The van der Waals surface area contributed by atoms with Crippen molar-refractivity contribution in [2.75, 3.05) is 33.3 Å². The molecule has 0 aromatic carbocycles. The lowest BCUT2D eigenvalue weighted by Crippen LogP contribution is -2.40.